The lowest BCUT2D eigenvalue weighted by atomic mass is 10.2. The zero-order chi connectivity index (χ0) is 21.4. The van der Waals surface area contributed by atoms with Crippen LogP contribution in [0.2, 0.25) is 5.02 Å². The predicted octanol–water partition coefficient (Wildman–Crippen LogP) is 2.76. The Balaban J connectivity index is 1.74. The van der Waals surface area contributed by atoms with Crippen LogP contribution in [0.1, 0.15) is 25.7 Å². The molecule has 1 N–H and O–H groups in total. The number of anilines is 2. The number of nitrogens with one attached hydrogen (secondary N) is 1. The van der Waals surface area contributed by atoms with Gasteiger partial charge in [0.25, 0.3) is 0 Å². The lowest BCUT2D eigenvalue weighted by molar-refractivity contribution is -0.186. The third-order valence-corrected chi connectivity index (χ3v) is 7.05. The average Bonchev–Trinajstić information content (AvgIpc) is 3.10. The lowest BCUT2D eigenvalue weighted by Gasteiger charge is -2.29. The maximum Gasteiger partial charge on any atom is 0.471 e. The molecular formula is C17H19ClF3N3O4S. The number of carbonyl (C=O) groups is 2. The Morgan fingerprint density at radius 2 is 1.86 bits per heavy atom. The van der Waals surface area contributed by atoms with Gasteiger partial charge in [0.2, 0.25) is 15.9 Å². The molecule has 3 rings (SSSR count). The summed E-state index contributed by atoms with van der Waals surface area (Å²) in [6.45, 7) is 0.146. The van der Waals surface area contributed by atoms with E-state index < -0.39 is 34.1 Å². The molecule has 2 fully saturated rings. The van der Waals surface area contributed by atoms with Gasteiger partial charge < -0.3 is 10.2 Å². The van der Waals surface area contributed by atoms with E-state index in [4.69, 9.17) is 11.6 Å². The van der Waals surface area contributed by atoms with Crippen LogP contribution in [0.4, 0.5) is 24.5 Å². The minimum atomic E-state index is -5.05. The van der Waals surface area contributed by atoms with E-state index in [9.17, 15) is 31.2 Å². The number of amides is 2. The molecule has 2 aliphatic rings. The topological polar surface area (TPSA) is 86.8 Å². The number of benzene rings is 1. The highest BCUT2D eigenvalue weighted by molar-refractivity contribution is 7.92. The van der Waals surface area contributed by atoms with Gasteiger partial charge in [-0.05, 0) is 43.9 Å². The monoisotopic (exact) mass is 453 g/mol. The van der Waals surface area contributed by atoms with Gasteiger partial charge in [-0.15, -0.1) is 0 Å². The number of halogens is 4. The first-order chi connectivity index (χ1) is 13.5. The van der Waals surface area contributed by atoms with Crippen LogP contribution in [-0.2, 0) is 19.6 Å². The minimum Gasteiger partial charge on any atom is -0.324 e. The average molecular weight is 454 g/mol. The Hall–Kier alpha value is -2.01. The second kappa shape index (κ2) is 8.02. The van der Waals surface area contributed by atoms with Crippen molar-refractivity contribution in [2.75, 3.05) is 28.5 Å². The van der Waals surface area contributed by atoms with Gasteiger partial charge in [0.05, 0.1) is 16.5 Å². The van der Waals surface area contributed by atoms with E-state index in [1.807, 2.05) is 0 Å². The molecule has 0 aromatic heterocycles. The van der Waals surface area contributed by atoms with Crippen molar-refractivity contribution in [3.8, 4) is 0 Å². The molecule has 0 saturated carbocycles. The van der Waals surface area contributed by atoms with Gasteiger partial charge in [-0.1, -0.05) is 11.6 Å². The molecule has 0 radical (unpaired) electrons. The van der Waals surface area contributed by atoms with Gasteiger partial charge in [0, 0.05) is 18.8 Å². The van der Waals surface area contributed by atoms with Gasteiger partial charge in [-0.3, -0.25) is 13.9 Å². The van der Waals surface area contributed by atoms with Crippen LogP contribution >= 0.6 is 11.6 Å². The van der Waals surface area contributed by atoms with E-state index in [2.05, 4.69) is 5.32 Å². The van der Waals surface area contributed by atoms with E-state index in [1.165, 1.54) is 22.5 Å². The van der Waals surface area contributed by atoms with Gasteiger partial charge >= 0.3 is 12.1 Å². The van der Waals surface area contributed by atoms with Crippen molar-refractivity contribution in [3.05, 3.63) is 23.2 Å². The van der Waals surface area contributed by atoms with Gasteiger partial charge in [0.15, 0.2) is 0 Å². The van der Waals surface area contributed by atoms with Crippen molar-refractivity contribution < 1.29 is 31.2 Å². The number of hydrogen-bond donors (Lipinski definition) is 1. The molecule has 1 aromatic rings. The van der Waals surface area contributed by atoms with E-state index >= 15 is 0 Å². The zero-order valence-electron chi connectivity index (χ0n) is 15.2. The summed E-state index contributed by atoms with van der Waals surface area (Å²) >= 11 is 6.20. The van der Waals surface area contributed by atoms with Crippen LogP contribution < -0.4 is 9.62 Å². The number of sulfonamides is 1. The van der Waals surface area contributed by atoms with Crippen LogP contribution in [0.5, 0.6) is 0 Å². The number of carbonyl (C=O) groups excluding carboxylic acids is 2. The Kier molecular flexibility index (Phi) is 6.00. The number of alkyl halides is 3. The fourth-order valence-corrected chi connectivity index (χ4v) is 5.51. The lowest BCUT2D eigenvalue weighted by Crippen LogP contribution is -2.48. The fraction of sp³-hybridized carbons (Fsp3) is 0.529. The molecule has 29 heavy (non-hydrogen) atoms. The second-order valence-electron chi connectivity index (χ2n) is 6.91. The molecule has 2 heterocycles. The van der Waals surface area contributed by atoms with Crippen molar-refractivity contribution in [1.29, 1.82) is 0 Å². The molecule has 2 saturated heterocycles. The summed E-state index contributed by atoms with van der Waals surface area (Å²) in [5, 5.41) is 2.55. The van der Waals surface area contributed by atoms with E-state index in [1.54, 1.807) is 0 Å². The standard InChI is InChI=1S/C17H19ClF3N3O4S/c18-12-10-11(5-6-13(12)24-8-1-2-9-29(24,27)28)22-15(25)14-4-3-7-23(14)16(26)17(19,20)21/h5-6,10,14H,1-4,7-9H2,(H,22,25). The highest BCUT2D eigenvalue weighted by atomic mass is 35.5. The van der Waals surface area contributed by atoms with Crippen LogP contribution in [0.25, 0.3) is 0 Å². The summed E-state index contributed by atoms with van der Waals surface area (Å²) in [6.07, 6.45) is -3.39. The minimum absolute atomic E-state index is 0.0204. The largest absolute Gasteiger partial charge is 0.471 e. The molecule has 0 aliphatic carbocycles. The van der Waals surface area contributed by atoms with Gasteiger partial charge in [-0.25, -0.2) is 8.42 Å². The van der Waals surface area contributed by atoms with E-state index in [-0.39, 0.29) is 41.5 Å². The molecule has 7 nitrogen and oxygen atoms in total. The molecule has 160 valence electrons. The van der Waals surface area contributed by atoms with Crippen molar-refractivity contribution in [1.82, 2.24) is 4.90 Å². The van der Waals surface area contributed by atoms with Crippen LogP contribution in [0.3, 0.4) is 0 Å². The second-order valence-corrected chi connectivity index (χ2v) is 9.33. The summed E-state index contributed by atoms with van der Waals surface area (Å²) in [7, 11) is -3.47. The summed E-state index contributed by atoms with van der Waals surface area (Å²) < 4.78 is 63.8. The third-order valence-electron chi connectivity index (χ3n) is 4.89. The summed E-state index contributed by atoms with van der Waals surface area (Å²) in [5.74, 6) is -2.78. The summed E-state index contributed by atoms with van der Waals surface area (Å²) in [6, 6.07) is 2.97. The van der Waals surface area contributed by atoms with Crippen LogP contribution in [0.15, 0.2) is 18.2 Å². The molecule has 2 aliphatic heterocycles. The molecule has 1 unspecified atom stereocenters. The first kappa shape index (κ1) is 21.7. The summed E-state index contributed by atoms with van der Waals surface area (Å²) in [4.78, 5) is 24.5. The first-order valence-corrected chi connectivity index (χ1v) is 11.0. The molecule has 12 heteroatoms. The van der Waals surface area contributed by atoms with Crippen molar-refractivity contribution in [3.63, 3.8) is 0 Å². The smallest absolute Gasteiger partial charge is 0.324 e. The van der Waals surface area contributed by atoms with E-state index in [0.717, 1.165) is 0 Å². The van der Waals surface area contributed by atoms with Crippen molar-refractivity contribution in [2.45, 2.75) is 37.9 Å². The zero-order valence-corrected chi connectivity index (χ0v) is 16.8. The number of nitrogens with zero attached hydrogens (tertiary/aromatic N) is 2. The quantitative estimate of drug-likeness (QED) is 0.762. The van der Waals surface area contributed by atoms with Crippen LogP contribution in [-0.4, -0.2) is 56.2 Å². The highest BCUT2D eigenvalue weighted by Crippen LogP contribution is 2.33. The Labute approximate surface area is 170 Å². The van der Waals surface area contributed by atoms with Crippen molar-refractivity contribution >= 4 is 44.8 Å². The Morgan fingerprint density at radius 3 is 2.48 bits per heavy atom. The number of likely N-dealkylation sites (tertiary alicyclic amines) is 1. The molecular weight excluding hydrogens is 435 g/mol. The molecule has 2 amide bonds. The molecule has 0 spiro atoms. The first-order valence-electron chi connectivity index (χ1n) is 8.99. The highest BCUT2D eigenvalue weighted by Gasteiger charge is 2.47. The molecule has 1 aromatic carbocycles. The Bertz CT molecular complexity index is 923. The number of rotatable bonds is 3. The summed E-state index contributed by atoms with van der Waals surface area (Å²) in [5.41, 5.74) is 0.476. The predicted molar refractivity (Wildman–Crippen MR) is 101 cm³/mol. The third kappa shape index (κ3) is 4.61. The maximum absolute atomic E-state index is 12.7. The van der Waals surface area contributed by atoms with Crippen molar-refractivity contribution in [2.24, 2.45) is 0 Å². The van der Waals surface area contributed by atoms with Gasteiger partial charge in [0.1, 0.15) is 6.04 Å². The molecule has 1 atom stereocenters. The SMILES string of the molecule is O=C(Nc1ccc(N2CCCCS2(=O)=O)c(Cl)c1)C1CCCN1C(=O)C(F)(F)F. The Morgan fingerprint density at radius 1 is 1.14 bits per heavy atom. The van der Waals surface area contributed by atoms with E-state index in [0.29, 0.717) is 24.3 Å². The van der Waals surface area contributed by atoms with Gasteiger partial charge in [-0.2, -0.15) is 13.2 Å². The normalized spacial score (nSPS) is 21.9. The molecule has 0 bridgehead atoms. The fourth-order valence-electron chi connectivity index (χ4n) is 3.52. The maximum atomic E-state index is 12.7. The number of hydrogen-bond acceptors (Lipinski definition) is 4. The van der Waals surface area contributed by atoms with Crippen LogP contribution in [0, 0.1) is 0 Å².